The van der Waals surface area contributed by atoms with Crippen LogP contribution in [0.25, 0.3) is 0 Å². The van der Waals surface area contributed by atoms with E-state index in [-0.39, 0.29) is 12.5 Å². The minimum Gasteiger partial charge on any atom is -0.351 e. The second-order valence-electron chi connectivity index (χ2n) is 6.22. The molecule has 1 heterocycles. The highest BCUT2D eigenvalue weighted by Crippen LogP contribution is 2.30. The predicted molar refractivity (Wildman–Crippen MR) is 97.9 cm³/mol. The summed E-state index contributed by atoms with van der Waals surface area (Å²) in [5.41, 5.74) is 0.261. The molecule has 0 unspecified atom stereocenters. The first-order valence-corrected chi connectivity index (χ1v) is 9.06. The molecule has 0 saturated carbocycles. The van der Waals surface area contributed by atoms with Gasteiger partial charge in [-0.1, -0.05) is 28.1 Å². The van der Waals surface area contributed by atoms with E-state index in [2.05, 4.69) is 21.2 Å². The summed E-state index contributed by atoms with van der Waals surface area (Å²) < 4.78 is 39.1. The van der Waals surface area contributed by atoms with Crippen LogP contribution in [0.4, 0.5) is 18.9 Å². The maximum absolute atomic E-state index is 12.8. The fourth-order valence-electron chi connectivity index (χ4n) is 2.97. The van der Waals surface area contributed by atoms with Gasteiger partial charge in [0.2, 0.25) is 11.8 Å². The van der Waals surface area contributed by atoms with Crippen LogP contribution in [-0.2, 0) is 22.3 Å². The number of amides is 2. The van der Waals surface area contributed by atoms with E-state index in [4.69, 9.17) is 0 Å². The van der Waals surface area contributed by atoms with Gasteiger partial charge < -0.3 is 10.2 Å². The Labute approximate surface area is 162 Å². The Hall–Kier alpha value is -2.35. The maximum atomic E-state index is 12.8. The van der Waals surface area contributed by atoms with Gasteiger partial charge in [0.25, 0.3) is 0 Å². The molecule has 1 fully saturated rings. The average molecular weight is 441 g/mol. The summed E-state index contributed by atoms with van der Waals surface area (Å²) in [6.07, 6.45) is -4.07. The second-order valence-corrected chi connectivity index (χ2v) is 7.14. The number of benzene rings is 2. The standard InChI is InChI=1S/C19H16BrF3N2O2/c20-14-4-6-15(7-5-14)25-9-8-16(18(25)27)17(26)24-11-12-2-1-3-13(10-12)19(21,22)23/h1-7,10,16H,8-9,11H2,(H,24,26)/t16-/m1/s1. The Kier molecular flexibility index (Phi) is 5.55. The van der Waals surface area contributed by atoms with Gasteiger partial charge in [-0.25, -0.2) is 0 Å². The molecule has 0 bridgehead atoms. The molecule has 2 aromatic rings. The highest BCUT2D eigenvalue weighted by Gasteiger charge is 2.37. The second kappa shape index (κ2) is 7.72. The Balaban J connectivity index is 1.62. The van der Waals surface area contributed by atoms with Gasteiger partial charge in [-0.05, 0) is 48.4 Å². The van der Waals surface area contributed by atoms with Crippen molar-refractivity contribution in [2.75, 3.05) is 11.4 Å². The molecule has 0 radical (unpaired) electrons. The summed E-state index contributed by atoms with van der Waals surface area (Å²) in [6, 6.07) is 11.9. The quantitative estimate of drug-likeness (QED) is 0.726. The van der Waals surface area contributed by atoms with Crippen LogP contribution in [0, 0.1) is 5.92 Å². The van der Waals surface area contributed by atoms with Gasteiger partial charge in [0, 0.05) is 23.2 Å². The van der Waals surface area contributed by atoms with Crippen LogP contribution < -0.4 is 10.2 Å². The molecule has 8 heteroatoms. The zero-order valence-electron chi connectivity index (χ0n) is 14.1. The average Bonchev–Trinajstić information content (AvgIpc) is 3.01. The highest BCUT2D eigenvalue weighted by molar-refractivity contribution is 9.10. The van der Waals surface area contributed by atoms with Gasteiger partial charge in [0.15, 0.2) is 0 Å². The maximum Gasteiger partial charge on any atom is 0.416 e. The number of hydrogen-bond acceptors (Lipinski definition) is 2. The third-order valence-electron chi connectivity index (χ3n) is 4.38. The smallest absolute Gasteiger partial charge is 0.351 e. The Morgan fingerprint density at radius 2 is 1.89 bits per heavy atom. The molecular formula is C19H16BrF3N2O2. The van der Waals surface area contributed by atoms with Gasteiger partial charge >= 0.3 is 6.18 Å². The largest absolute Gasteiger partial charge is 0.416 e. The fraction of sp³-hybridized carbons (Fsp3) is 0.263. The first kappa shape index (κ1) is 19.4. The molecule has 0 aliphatic carbocycles. The number of carbonyl (C=O) groups excluding carboxylic acids is 2. The lowest BCUT2D eigenvalue weighted by atomic mass is 10.1. The van der Waals surface area contributed by atoms with Crippen LogP contribution in [0.1, 0.15) is 17.5 Å². The summed E-state index contributed by atoms with van der Waals surface area (Å²) in [6.45, 7) is 0.354. The monoisotopic (exact) mass is 440 g/mol. The van der Waals surface area contributed by atoms with E-state index >= 15 is 0 Å². The van der Waals surface area contributed by atoms with Gasteiger partial charge in [-0.2, -0.15) is 13.2 Å². The van der Waals surface area contributed by atoms with Crippen molar-refractivity contribution in [1.82, 2.24) is 5.32 Å². The van der Waals surface area contributed by atoms with E-state index in [0.29, 0.717) is 24.2 Å². The summed E-state index contributed by atoms with van der Waals surface area (Å²) in [5.74, 6) is -1.62. The van der Waals surface area contributed by atoms with E-state index in [0.717, 1.165) is 16.6 Å². The van der Waals surface area contributed by atoms with Crippen molar-refractivity contribution < 1.29 is 22.8 Å². The molecule has 27 heavy (non-hydrogen) atoms. The third kappa shape index (κ3) is 4.50. The lowest BCUT2D eigenvalue weighted by Crippen LogP contribution is -2.36. The molecule has 1 aliphatic rings. The Bertz CT molecular complexity index is 853. The summed E-state index contributed by atoms with van der Waals surface area (Å²) >= 11 is 3.33. The summed E-state index contributed by atoms with van der Waals surface area (Å²) in [5, 5.41) is 2.57. The van der Waals surface area contributed by atoms with Crippen molar-refractivity contribution in [2.24, 2.45) is 5.92 Å². The first-order valence-electron chi connectivity index (χ1n) is 8.26. The molecule has 1 N–H and O–H groups in total. The zero-order chi connectivity index (χ0) is 19.6. The predicted octanol–water partition coefficient (Wildman–Crippen LogP) is 4.14. The highest BCUT2D eigenvalue weighted by atomic mass is 79.9. The topological polar surface area (TPSA) is 49.4 Å². The minimum atomic E-state index is -4.44. The van der Waals surface area contributed by atoms with Crippen LogP contribution in [0.15, 0.2) is 53.0 Å². The van der Waals surface area contributed by atoms with E-state index < -0.39 is 23.6 Å². The van der Waals surface area contributed by atoms with Crippen molar-refractivity contribution in [2.45, 2.75) is 19.1 Å². The first-order chi connectivity index (χ1) is 12.8. The molecule has 1 aliphatic heterocycles. The molecule has 0 aromatic heterocycles. The molecule has 142 valence electrons. The lowest BCUT2D eigenvalue weighted by molar-refractivity contribution is -0.137. The van der Waals surface area contributed by atoms with Gasteiger partial charge in [-0.3, -0.25) is 9.59 Å². The van der Waals surface area contributed by atoms with E-state index in [9.17, 15) is 22.8 Å². The Morgan fingerprint density at radius 3 is 2.56 bits per heavy atom. The van der Waals surface area contributed by atoms with Crippen LogP contribution >= 0.6 is 15.9 Å². The number of hydrogen-bond donors (Lipinski definition) is 1. The number of alkyl halides is 3. The summed E-state index contributed by atoms with van der Waals surface area (Å²) in [7, 11) is 0. The number of anilines is 1. The number of rotatable bonds is 4. The molecule has 1 saturated heterocycles. The molecule has 2 amide bonds. The molecule has 0 spiro atoms. The molecule has 1 atom stereocenters. The third-order valence-corrected chi connectivity index (χ3v) is 4.91. The number of nitrogens with zero attached hydrogens (tertiary/aromatic N) is 1. The van der Waals surface area contributed by atoms with Crippen molar-refractivity contribution in [3.63, 3.8) is 0 Å². The van der Waals surface area contributed by atoms with Crippen LogP contribution in [0.2, 0.25) is 0 Å². The lowest BCUT2D eigenvalue weighted by Gasteiger charge is -2.17. The van der Waals surface area contributed by atoms with Gasteiger partial charge in [0.1, 0.15) is 5.92 Å². The molecular weight excluding hydrogens is 425 g/mol. The van der Waals surface area contributed by atoms with E-state index in [1.54, 1.807) is 17.0 Å². The number of nitrogens with one attached hydrogen (secondary N) is 1. The number of carbonyl (C=O) groups is 2. The van der Waals surface area contributed by atoms with Gasteiger partial charge in [-0.15, -0.1) is 0 Å². The number of halogens is 4. The van der Waals surface area contributed by atoms with E-state index in [1.165, 1.54) is 12.1 Å². The van der Waals surface area contributed by atoms with Crippen LogP contribution in [0.5, 0.6) is 0 Å². The van der Waals surface area contributed by atoms with Crippen molar-refractivity contribution in [3.05, 3.63) is 64.1 Å². The molecule has 2 aromatic carbocycles. The fourth-order valence-corrected chi connectivity index (χ4v) is 3.23. The van der Waals surface area contributed by atoms with Crippen molar-refractivity contribution >= 4 is 33.4 Å². The molecule has 4 nitrogen and oxygen atoms in total. The van der Waals surface area contributed by atoms with Crippen LogP contribution in [0.3, 0.4) is 0 Å². The summed E-state index contributed by atoms with van der Waals surface area (Å²) in [4.78, 5) is 26.4. The molecule has 3 rings (SSSR count). The van der Waals surface area contributed by atoms with Gasteiger partial charge in [0.05, 0.1) is 5.56 Å². The zero-order valence-corrected chi connectivity index (χ0v) is 15.7. The van der Waals surface area contributed by atoms with Crippen LogP contribution in [-0.4, -0.2) is 18.4 Å². The normalized spacial score (nSPS) is 17.3. The Morgan fingerprint density at radius 1 is 1.19 bits per heavy atom. The van der Waals surface area contributed by atoms with Crippen molar-refractivity contribution in [1.29, 1.82) is 0 Å². The van der Waals surface area contributed by atoms with E-state index in [1.807, 2.05) is 12.1 Å². The SMILES string of the molecule is O=C(NCc1cccc(C(F)(F)F)c1)[C@H]1CCN(c2ccc(Br)cc2)C1=O. The minimum absolute atomic E-state index is 0.0647. The van der Waals surface area contributed by atoms with Crippen molar-refractivity contribution in [3.8, 4) is 0 Å².